The maximum absolute atomic E-state index is 11.9. The summed E-state index contributed by atoms with van der Waals surface area (Å²) >= 11 is 0. The Bertz CT molecular complexity index is 467. The number of hydrogen-bond acceptors (Lipinski definition) is 5. The van der Waals surface area contributed by atoms with Crippen molar-refractivity contribution in [2.24, 2.45) is 0 Å². The van der Waals surface area contributed by atoms with Gasteiger partial charge in [0.15, 0.2) is 17.3 Å². The van der Waals surface area contributed by atoms with Gasteiger partial charge in [-0.15, -0.1) is 0 Å². The first-order chi connectivity index (χ1) is 8.72. The third-order valence-electron chi connectivity index (χ3n) is 2.78. The molecule has 0 unspecified atom stereocenters. The molecule has 1 aromatic carbocycles. The molecule has 0 spiro atoms. The number of benzene rings is 1. The van der Waals surface area contributed by atoms with Crippen LogP contribution in [0.25, 0.3) is 0 Å². The van der Waals surface area contributed by atoms with Crippen LogP contribution in [-0.2, 0) is 0 Å². The van der Waals surface area contributed by atoms with E-state index >= 15 is 0 Å². The summed E-state index contributed by atoms with van der Waals surface area (Å²) in [5.74, 6) is 1.81. The molecular formula is C13H16O5. The van der Waals surface area contributed by atoms with Crippen LogP contribution in [-0.4, -0.2) is 33.2 Å². The fraction of sp³-hybridized carbons (Fsp3) is 0.462. The van der Waals surface area contributed by atoms with Gasteiger partial charge in [0.1, 0.15) is 13.2 Å². The van der Waals surface area contributed by atoms with E-state index in [1.807, 2.05) is 0 Å². The minimum absolute atomic E-state index is 0.0258. The molecule has 0 saturated heterocycles. The second-order valence-electron chi connectivity index (χ2n) is 3.79. The number of carbonyl (C=O) groups is 1. The highest BCUT2D eigenvalue weighted by molar-refractivity contribution is 6.00. The Hall–Kier alpha value is -1.91. The van der Waals surface area contributed by atoms with Crippen LogP contribution in [0.2, 0.25) is 0 Å². The molecule has 0 saturated carbocycles. The summed E-state index contributed by atoms with van der Waals surface area (Å²) in [7, 11) is 3.03. The number of ether oxygens (including phenoxy) is 4. The summed E-state index contributed by atoms with van der Waals surface area (Å²) in [6, 6.07) is 1.64. The summed E-state index contributed by atoms with van der Waals surface area (Å²) in [6.45, 7) is 2.68. The average Bonchev–Trinajstić information content (AvgIpc) is 2.44. The smallest absolute Gasteiger partial charge is 0.208 e. The zero-order chi connectivity index (χ0) is 13.1. The number of fused-ring (bicyclic) bond motifs is 1. The van der Waals surface area contributed by atoms with Crippen LogP contribution >= 0.6 is 0 Å². The first kappa shape index (κ1) is 12.5. The van der Waals surface area contributed by atoms with Gasteiger partial charge in [-0.05, 0) is 6.07 Å². The molecule has 1 heterocycles. The molecule has 0 atom stereocenters. The first-order valence-corrected chi connectivity index (χ1v) is 5.80. The molecule has 0 amide bonds. The van der Waals surface area contributed by atoms with E-state index in [-0.39, 0.29) is 5.78 Å². The molecule has 0 fully saturated rings. The van der Waals surface area contributed by atoms with E-state index in [2.05, 4.69) is 0 Å². The normalized spacial score (nSPS) is 13.1. The van der Waals surface area contributed by atoms with Crippen molar-refractivity contribution in [3.63, 3.8) is 0 Å². The Morgan fingerprint density at radius 3 is 2.44 bits per heavy atom. The molecule has 0 bridgehead atoms. The topological polar surface area (TPSA) is 54.0 Å². The Kier molecular flexibility index (Phi) is 3.60. The maximum atomic E-state index is 11.9. The van der Waals surface area contributed by atoms with Crippen LogP contribution in [0.15, 0.2) is 6.07 Å². The predicted molar refractivity (Wildman–Crippen MR) is 65.2 cm³/mol. The van der Waals surface area contributed by atoms with Gasteiger partial charge in [0.25, 0.3) is 0 Å². The third kappa shape index (κ3) is 1.96. The van der Waals surface area contributed by atoms with E-state index in [1.54, 1.807) is 13.0 Å². The molecule has 2 rings (SSSR count). The lowest BCUT2D eigenvalue weighted by molar-refractivity contribution is 0.0981. The maximum Gasteiger partial charge on any atom is 0.208 e. The van der Waals surface area contributed by atoms with Crippen LogP contribution in [0.3, 0.4) is 0 Å². The van der Waals surface area contributed by atoms with Crippen molar-refractivity contribution in [1.29, 1.82) is 0 Å². The second-order valence-corrected chi connectivity index (χ2v) is 3.79. The Labute approximate surface area is 106 Å². The lowest BCUT2D eigenvalue weighted by atomic mass is 10.1. The van der Waals surface area contributed by atoms with Gasteiger partial charge in [-0.25, -0.2) is 0 Å². The van der Waals surface area contributed by atoms with Gasteiger partial charge >= 0.3 is 0 Å². The van der Waals surface area contributed by atoms with Gasteiger partial charge in [-0.3, -0.25) is 4.79 Å². The minimum Gasteiger partial charge on any atom is -0.493 e. The number of hydrogen-bond donors (Lipinski definition) is 0. The molecule has 5 heteroatoms. The number of rotatable bonds is 4. The number of methoxy groups -OCH3 is 2. The van der Waals surface area contributed by atoms with E-state index in [4.69, 9.17) is 18.9 Å². The van der Waals surface area contributed by atoms with Crippen LogP contribution in [0, 0.1) is 0 Å². The summed E-state index contributed by atoms with van der Waals surface area (Å²) in [5.41, 5.74) is 0.459. The van der Waals surface area contributed by atoms with Crippen molar-refractivity contribution in [2.75, 3.05) is 27.4 Å². The summed E-state index contributed by atoms with van der Waals surface area (Å²) in [4.78, 5) is 11.9. The predicted octanol–water partition coefficient (Wildman–Crippen LogP) is 2.07. The molecule has 0 N–H and O–H groups in total. The molecule has 1 aromatic rings. The first-order valence-electron chi connectivity index (χ1n) is 5.80. The summed E-state index contributed by atoms with van der Waals surface area (Å²) < 4.78 is 21.6. The van der Waals surface area contributed by atoms with Crippen LogP contribution < -0.4 is 18.9 Å². The fourth-order valence-electron chi connectivity index (χ4n) is 1.91. The molecule has 0 aliphatic carbocycles. The van der Waals surface area contributed by atoms with Crippen molar-refractivity contribution >= 4 is 5.78 Å². The van der Waals surface area contributed by atoms with Crippen molar-refractivity contribution in [1.82, 2.24) is 0 Å². The molecule has 18 heavy (non-hydrogen) atoms. The monoisotopic (exact) mass is 252 g/mol. The summed E-state index contributed by atoms with van der Waals surface area (Å²) in [6.07, 6.45) is 0.388. The molecule has 0 radical (unpaired) electrons. The highest BCUT2D eigenvalue weighted by Gasteiger charge is 2.27. The van der Waals surface area contributed by atoms with E-state index in [9.17, 15) is 4.79 Å². The van der Waals surface area contributed by atoms with Crippen LogP contribution in [0.4, 0.5) is 0 Å². The van der Waals surface area contributed by atoms with Crippen LogP contribution in [0.5, 0.6) is 23.0 Å². The molecule has 1 aliphatic heterocycles. The van der Waals surface area contributed by atoms with Gasteiger partial charge in [0, 0.05) is 6.42 Å². The lowest BCUT2D eigenvalue weighted by Gasteiger charge is -2.23. The zero-order valence-corrected chi connectivity index (χ0v) is 10.7. The highest BCUT2D eigenvalue weighted by Crippen LogP contribution is 2.48. The van der Waals surface area contributed by atoms with Crippen molar-refractivity contribution in [2.45, 2.75) is 13.3 Å². The van der Waals surface area contributed by atoms with E-state index in [1.165, 1.54) is 14.2 Å². The lowest BCUT2D eigenvalue weighted by Crippen LogP contribution is -2.18. The second kappa shape index (κ2) is 5.16. The quantitative estimate of drug-likeness (QED) is 0.768. The Morgan fingerprint density at radius 1 is 1.22 bits per heavy atom. The SMILES string of the molecule is CCC(=O)c1cc(OC)c2c(c1OC)OCCO2. The molecule has 0 aromatic heterocycles. The van der Waals surface area contributed by atoms with Gasteiger partial charge in [0.05, 0.1) is 19.8 Å². The summed E-state index contributed by atoms with van der Waals surface area (Å²) in [5, 5.41) is 0. The van der Waals surface area contributed by atoms with Gasteiger partial charge in [0.2, 0.25) is 11.5 Å². The number of Topliss-reactive ketones (excluding diaryl/α,β-unsaturated/α-hetero) is 1. The average molecular weight is 252 g/mol. The highest BCUT2D eigenvalue weighted by atomic mass is 16.6. The molecular weight excluding hydrogens is 236 g/mol. The number of ketones is 1. The molecule has 98 valence electrons. The molecule has 1 aliphatic rings. The van der Waals surface area contributed by atoms with Crippen molar-refractivity contribution < 1.29 is 23.7 Å². The Balaban J connectivity index is 2.64. The van der Waals surface area contributed by atoms with Crippen LogP contribution in [0.1, 0.15) is 23.7 Å². The van der Waals surface area contributed by atoms with E-state index < -0.39 is 0 Å². The van der Waals surface area contributed by atoms with Gasteiger partial charge in [-0.1, -0.05) is 6.92 Å². The largest absolute Gasteiger partial charge is 0.493 e. The van der Waals surface area contributed by atoms with Gasteiger partial charge < -0.3 is 18.9 Å². The van der Waals surface area contributed by atoms with E-state index in [0.29, 0.717) is 48.2 Å². The van der Waals surface area contributed by atoms with E-state index in [0.717, 1.165) is 0 Å². The van der Waals surface area contributed by atoms with Crippen molar-refractivity contribution in [3.05, 3.63) is 11.6 Å². The number of carbonyl (C=O) groups excluding carboxylic acids is 1. The third-order valence-corrected chi connectivity index (χ3v) is 2.78. The zero-order valence-electron chi connectivity index (χ0n) is 10.7. The van der Waals surface area contributed by atoms with Gasteiger partial charge in [-0.2, -0.15) is 0 Å². The fourth-order valence-corrected chi connectivity index (χ4v) is 1.91. The Morgan fingerprint density at radius 2 is 1.89 bits per heavy atom. The molecule has 5 nitrogen and oxygen atoms in total. The minimum atomic E-state index is -0.0258. The van der Waals surface area contributed by atoms with Crippen molar-refractivity contribution in [3.8, 4) is 23.0 Å². The standard InChI is InChI=1S/C13H16O5/c1-4-9(14)8-7-10(15-2)12-13(11(8)16-3)18-6-5-17-12/h7H,4-6H2,1-3H3.